The van der Waals surface area contributed by atoms with Crippen LogP contribution >= 0.6 is 0 Å². The molecule has 8 nitrogen and oxygen atoms in total. The van der Waals surface area contributed by atoms with Crippen molar-refractivity contribution >= 4 is 17.5 Å². The molecule has 0 saturated heterocycles. The first-order valence-electron chi connectivity index (χ1n) is 10.9. The van der Waals surface area contributed by atoms with Gasteiger partial charge in [-0.3, -0.25) is 9.78 Å². The fourth-order valence-electron chi connectivity index (χ4n) is 3.57. The summed E-state index contributed by atoms with van der Waals surface area (Å²) in [6, 6.07) is 13.7. The number of pyridine rings is 1. The van der Waals surface area contributed by atoms with E-state index in [-0.39, 0.29) is 5.56 Å². The quantitative estimate of drug-likeness (QED) is 0.378. The predicted octanol–water partition coefficient (Wildman–Crippen LogP) is 4.90. The minimum atomic E-state index is -4.47. The second-order valence-corrected chi connectivity index (χ2v) is 7.99. The molecular formula is C25H23F3N6O2. The van der Waals surface area contributed by atoms with Crippen molar-refractivity contribution in [3.05, 3.63) is 72.1 Å². The number of amides is 1. The van der Waals surface area contributed by atoms with Gasteiger partial charge in [0.2, 0.25) is 5.95 Å². The van der Waals surface area contributed by atoms with Gasteiger partial charge in [0.15, 0.2) is 5.82 Å². The Balaban J connectivity index is 1.51. The van der Waals surface area contributed by atoms with Crippen molar-refractivity contribution in [3.63, 3.8) is 0 Å². The highest BCUT2D eigenvalue weighted by molar-refractivity contribution is 5.94. The molecule has 36 heavy (non-hydrogen) atoms. The molecule has 0 aliphatic heterocycles. The number of methoxy groups -OCH3 is 1. The van der Waals surface area contributed by atoms with Crippen LogP contribution in [0.2, 0.25) is 0 Å². The van der Waals surface area contributed by atoms with E-state index < -0.39 is 18.6 Å². The van der Waals surface area contributed by atoms with E-state index in [1.165, 1.54) is 12.1 Å². The minimum Gasteiger partial charge on any atom is -0.496 e. The molecule has 0 aliphatic carbocycles. The van der Waals surface area contributed by atoms with Crippen molar-refractivity contribution in [3.8, 4) is 28.3 Å². The second-order valence-electron chi connectivity index (χ2n) is 7.99. The summed E-state index contributed by atoms with van der Waals surface area (Å²) in [5.41, 5.74) is 4.42. The highest BCUT2D eigenvalue weighted by Gasteiger charge is 2.27. The average Bonchev–Trinajstić information content (AvgIpc) is 3.22. The lowest BCUT2D eigenvalue weighted by Gasteiger charge is -2.13. The molecule has 2 N–H and O–H groups in total. The third-order valence-electron chi connectivity index (χ3n) is 5.39. The first kappa shape index (κ1) is 24.7. The first-order chi connectivity index (χ1) is 17.1. The normalized spacial score (nSPS) is 11.3. The van der Waals surface area contributed by atoms with Crippen LogP contribution in [0.3, 0.4) is 0 Å². The lowest BCUT2D eigenvalue weighted by atomic mass is 10.0. The Labute approximate surface area is 205 Å². The molecule has 2 aromatic heterocycles. The van der Waals surface area contributed by atoms with Gasteiger partial charge >= 0.3 is 6.18 Å². The molecule has 2 heterocycles. The summed E-state index contributed by atoms with van der Waals surface area (Å²) in [7, 11) is 3.33. The first-order valence-corrected chi connectivity index (χ1v) is 10.9. The summed E-state index contributed by atoms with van der Waals surface area (Å²) < 4.78 is 44.1. The number of carbonyl (C=O) groups is 1. The smallest absolute Gasteiger partial charge is 0.405 e. The summed E-state index contributed by atoms with van der Waals surface area (Å²) in [5.74, 6) is 0.718. The van der Waals surface area contributed by atoms with Crippen LogP contribution in [-0.4, -0.2) is 45.5 Å². The SMILES string of the molecule is COc1cc(Nc2nc(-c3ccc(C(=O)NCC(F)(F)F)cc3)nn2C)ccc1-c1ccncc1C. The van der Waals surface area contributed by atoms with Gasteiger partial charge in [-0.15, -0.1) is 5.10 Å². The number of rotatable bonds is 7. The number of carbonyl (C=O) groups excluding carboxylic acids is 1. The Morgan fingerprint density at radius 3 is 2.50 bits per heavy atom. The van der Waals surface area contributed by atoms with Crippen LogP contribution in [0, 0.1) is 6.92 Å². The van der Waals surface area contributed by atoms with Gasteiger partial charge < -0.3 is 15.4 Å². The van der Waals surface area contributed by atoms with Gasteiger partial charge in [0.1, 0.15) is 12.3 Å². The molecule has 0 saturated carbocycles. The number of nitrogens with zero attached hydrogens (tertiary/aromatic N) is 4. The maximum atomic E-state index is 12.3. The molecule has 186 valence electrons. The van der Waals surface area contributed by atoms with Gasteiger partial charge in [0.05, 0.1) is 7.11 Å². The minimum absolute atomic E-state index is 0.105. The lowest BCUT2D eigenvalue weighted by Crippen LogP contribution is -2.33. The summed E-state index contributed by atoms with van der Waals surface area (Å²) in [5, 5.41) is 9.45. The van der Waals surface area contributed by atoms with Crippen LogP contribution in [0.1, 0.15) is 15.9 Å². The van der Waals surface area contributed by atoms with Gasteiger partial charge in [-0.2, -0.15) is 18.2 Å². The van der Waals surface area contributed by atoms with Gasteiger partial charge in [-0.25, -0.2) is 4.68 Å². The summed E-state index contributed by atoms with van der Waals surface area (Å²) in [6.07, 6.45) is -0.945. The number of nitrogens with one attached hydrogen (secondary N) is 2. The number of aromatic nitrogens is 4. The molecule has 11 heteroatoms. The average molecular weight is 496 g/mol. The van der Waals surface area contributed by atoms with Crippen molar-refractivity contribution < 1.29 is 22.7 Å². The Bertz CT molecular complexity index is 1380. The topological polar surface area (TPSA) is 94.0 Å². The monoisotopic (exact) mass is 496 g/mol. The van der Waals surface area contributed by atoms with Crippen molar-refractivity contribution in [2.45, 2.75) is 13.1 Å². The number of aryl methyl sites for hydroxylation is 2. The molecule has 4 rings (SSSR count). The summed E-state index contributed by atoms with van der Waals surface area (Å²) in [6.45, 7) is 0.592. The molecule has 0 fully saturated rings. The van der Waals surface area contributed by atoms with Crippen LogP contribution in [0.25, 0.3) is 22.5 Å². The number of ether oxygens (including phenoxy) is 1. The van der Waals surface area contributed by atoms with Crippen LogP contribution in [0.15, 0.2) is 60.9 Å². The predicted molar refractivity (Wildman–Crippen MR) is 129 cm³/mol. The van der Waals surface area contributed by atoms with Crippen molar-refractivity contribution in [2.24, 2.45) is 7.05 Å². The Hall–Kier alpha value is -4.41. The van der Waals surface area contributed by atoms with Crippen molar-refractivity contribution in [1.29, 1.82) is 0 Å². The van der Waals surface area contributed by atoms with Gasteiger partial charge in [0, 0.05) is 47.9 Å². The van der Waals surface area contributed by atoms with Crippen LogP contribution < -0.4 is 15.4 Å². The molecular weight excluding hydrogens is 473 g/mol. The van der Waals surface area contributed by atoms with Gasteiger partial charge in [0.25, 0.3) is 5.91 Å². The third-order valence-corrected chi connectivity index (χ3v) is 5.39. The van der Waals surface area contributed by atoms with Crippen LogP contribution in [-0.2, 0) is 7.05 Å². The Morgan fingerprint density at radius 2 is 1.83 bits per heavy atom. The Kier molecular flexibility index (Phi) is 6.91. The van der Waals surface area contributed by atoms with E-state index in [0.717, 1.165) is 22.4 Å². The zero-order valence-corrected chi connectivity index (χ0v) is 19.7. The van der Waals surface area contributed by atoms with Crippen LogP contribution in [0.5, 0.6) is 5.75 Å². The van der Waals surface area contributed by atoms with Crippen molar-refractivity contribution in [1.82, 2.24) is 25.1 Å². The highest BCUT2D eigenvalue weighted by Crippen LogP contribution is 2.34. The fourth-order valence-corrected chi connectivity index (χ4v) is 3.57. The number of hydrogen-bond donors (Lipinski definition) is 2. The molecule has 0 spiro atoms. The van der Waals surface area contributed by atoms with E-state index in [1.807, 2.05) is 36.5 Å². The number of anilines is 2. The molecule has 0 unspecified atom stereocenters. The summed E-state index contributed by atoms with van der Waals surface area (Å²) >= 11 is 0. The van der Waals surface area contributed by atoms with E-state index >= 15 is 0 Å². The molecule has 1 amide bonds. The molecule has 4 aromatic rings. The number of halogens is 3. The molecule has 0 atom stereocenters. The van der Waals surface area contributed by atoms with E-state index in [1.54, 1.807) is 43.4 Å². The number of benzene rings is 2. The fraction of sp³-hybridized carbons (Fsp3) is 0.200. The standard InChI is InChI=1S/C25H23F3N6O2/c1-15-13-29-11-10-19(15)20-9-8-18(12-21(20)36-3)31-24-32-22(33-34(24)2)16-4-6-17(7-5-16)23(35)30-14-25(26,27)28/h4-13H,14H2,1-3H3,(H,30,35)(H,31,32,33). The van der Waals surface area contributed by atoms with Crippen LogP contribution in [0.4, 0.5) is 24.8 Å². The number of hydrogen-bond acceptors (Lipinski definition) is 6. The zero-order chi connectivity index (χ0) is 25.9. The summed E-state index contributed by atoms with van der Waals surface area (Å²) in [4.78, 5) is 20.6. The molecule has 0 bridgehead atoms. The van der Waals surface area contributed by atoms with E-state index in [2.05, 4.69) is 20.4 Å². The zero-order valence-electron chi connectivity index (χ0n) is 19.7. The number of alkyl halides is 3. The molecule has 0 aliphatic rings. The van der Waals surface area contributed by atoms with Gasteiger partial charge in [-0.05, 0) is 48.4 Å². The van der Waals surface area contributed by atoms with E-state index in [4.69, 9.17) is 4.74 Å². The third kappa shape index (κ3) is 5.62. The van der Waals surface area contributed by atoms with E-state index in [9.17, 15) is 18.0 Å². The second kappa shape index (κ2) is 10.1. The lowest BCUT2D eigenvalue weighted by molar-refractivity contribution is -0.123. The highest BCUT2D eigenvalue weighted by atomic mass is 19.4. The molecule has 0 radical (unpaired) electrons. The molecule has 2 aromatic carbocycles. The van der Waals surface area contributed by atoms with Gasteiger partial charge in [-0.1, -0.05) is 12.1 Å². The van der Waals surface area contributed by atoms with E-state index in [0.29, 0.717) is 23.1 Å². The maximum absolute atomic E-state index is 12.3. The maximum Gasteiger partial charge on any atom is 0.405 e. The Morgan fingerprint density at radius 1 is 1.08 bits per heavy atom. The van der Waals surface area contributed by atoms with Crippen molar-refractivity contribution in [2.75, 3.05) is 19.0 Å². The largest absolute Gasteiger partial charge is 0.496 e.